The number of hydrogen-bond acceptors (Lipinski definition) is 6. The van der Waals surface area contributed by atoms with E-state index in [9.17, 15) is 9.59 Å². The molecule has 0 saturated heterocycles. The summed E-state index contributed by atoms with van der Waals surface area (Å²) in [6, 6.07) is 12.1. The molecular formula is C26H30N2O4. The summed E-state index contributed by atoms with van der Waals surface area (Å²) in [4.78, 5) is 24.4. The van der Waals surface area contributed by atoms with Crippen molar-refractivity contribution in [1.29, 1.82) is 0 Å². The molecule has 0 heterocycles. The molecule has 0 amide bonds. The van der Waals surface area contributed by atoms with Crippen LogP contribution in [0.3, 0.4) is 0 Å². The van der Waals surface area contributed by atoms with Gasteiger partial charge >= 0.3 is 11.9 Å². The lowest BCUT2D eigenvalue weighted by Gasteiger charge is -2.26. The third-order valence-electron chi connectivity index (χ3n) is 5.61. The lowest BCUT2D eigenvalue weighted by Crippen LogP contribution is -2.25. The Balaban J connectivity index is 1.45. The van der Waals surface area contributed by atoms with Crippen LogP contribution in [0.4, 0.5) is 11.4 Å². The van der Waals surface area contributed by atoms with E-state index in [1.807, 2.05) is 6.08 Å². The second-order valence-corrected chi connectivity index (χ2v) is 8.18. The van der Waals surface area contributed by atoms with E-state index in [4.69, 9.17) is 20.9 Å². The highest BCUT2D eigenvalue weighted by Gasteiger charge is 2.27. The predicted octanol–water partition coefficient (Wildman–Crippen LogP) is 4.90. The zero-order chi connectivity index (χ0) is 22.9. The number of anilines is 2. The Kier molecular flexibility index (Phi) is 8.08. The third-order valence-corrected chi connectivity index (χ3v) is 5.61. The molecular weight excluding hydrogens is 404 g/mol. The summed E-state index contributed by atoms with van der Waals surface area (Å²) in [5, 5.41) is 0. The molecule has 1 fully saturated rings. The Bertz CT molecular complexity index is 954. The molecule has 1 aliphatic rings. The molecule has 2 aromatic carbocycles. The molecule has 3 rings (SSSR count). The Morgan fingerprint density at radius 1 is 1.00 bits per heavy atom. The van der Waals surface area contributed by atoms with Gasteiger partial charge in [0, 0.05) is 17.5 Å². The average molecular weight is 435 g/mol. The number of allylic oxidation sites excluding steroid dienone is 1. The fourth-order valence-electron chi connectivity index (χ4n) is 3.91. The third kappa shape index (κ3) is 7.01. The Morgan fingerprint density at radius 3 is 2.28 bits per heavy atom. The zero-order valence-electron chi connectivity index (χ0n) is 18.2. The molecule has 1 aliphatic carbocycles. The van der Waals surface area contributed by atoms with Gasteiger partial charge in [0.1, 0.15) is 12.4 Å². The maximum atomic E-state index is 12.4. The smallest absolute Gasteiger partial charge is 0.331 e. The van der Waals surface area contributed by atoms with Crippen LogP contribution in [0, 0.1) is 11.8 Å². The van der Waals surface area contributed by atoms with E-state index in [0.29, 0.717) is 23.0 Å². The van der Waals surface area contributed by atoms with Gasteiger partial charge in [-0.3, -0.25) is 4.79 Å². The van der Waals surface area contributed by atoms with E-state index >= 15 is 0 Å². The summed E-state index contributed by atoms with van der Waals surface area (Å²) in [7, 11) is 0. The van der Waals surface area contributed by atoms with Gasteiger partial charge in [-0.25, -0.2) is 4.79 Å². The average Bonchev–Trinajstić information content (AvgIpc) is 2.77. The van der Waals surface area contributed by atoms with Gasteiger partial charge in [0.15, 0.2) is 0 Å². The van der Waals surface area contributed by atoms with Gasteiger partial charge in [-0.15, -0.1) is 6.58 Å². The maximum Gasteiger partial charge on any atom is 0.331 e. The molecule has 0 spiro atoms. The van der Waals surface area contributed by atoms with Gasteiger partial charge in [0.2, 0.25) is 0 Å². The fourth-order valence-corrected chi connectivity index (χ4v) is 3.91. The van der Waals surface area contributed by atoms with Crippen LogP contribution in [0.5, 0.6) is 5.75 Å². The lowest BCUT2D eigenvalue weighted by atomic mass is 9.80. The fraction of sp³-hybridized carbons (Fsp3) is 0.308. The highest BCUT2D eigenvalue weighted by molar-refractivity contribution is 5.87. The van der Waals surface area contributed by atoms with E-state index in [-0.39, 0.29) is 18.5 Å². The molecule has 0 atom stereocenters. The number of carbonyl (C=O) groups excluding carboxylic acids is 2. The number of esters is 2. The minimum Gasteiger partial charge on any atom is -0.458 e. The molecule has 4 N–H and O–H groups in total. The van der Waals surface area contributed by atoms with Crippen LogP contribution in [-0.2, 0) is 20.9 Å². The molecule has 0 unspecified atom stereocenters. The summed E-state index contributed by atoms with van der Waals surface area (Å²) >= 11 is 0. The predicted molar refractivity (Wildman–Crippen MR) is 126 cm³/mol. The van der Waals surface area contributed by atoms with Crippen LogP contribution in [0.25, 0.3) is 6.08 Å². The molecule has 0 aliphatic heterocycles. The highest BCUT2D eigenvalue weighted by Crippen LogP contribution is 2.32. The number of carbonyl (C=O) groups is 2. The number of benzene rings is 2. The van der Waals surface area contributed by atoms with Crippen molar-refractivity contribution in [3.05, 3.63) is 72.3 Å². The number of hydrogen-bond donors (Lipinski definition) is 2. The van der Waals surface area contributed by atoms with Crippen LogP contribution >= 0.6 is 0 Å². The summed E-state index contributed by atoms with van der Waals surface area (Å²) in [6.45, 7) is 3.88. The molecule has 1 saturated carbocycles. The van der Waals surface area contributed by atoms with Crippen molar-refractivity contribution in [2.24, 2.45) is 11.8 Å². The van der Waals surface area contributed by atoms with Gasteiger partial charge in [0.25, 0.3) is 0 Å². The first kappa shape index (κ1) is 23.1. The quantitative estimate of drug-likeness (QED) is 0.201. The second kappa shape index (κ2) is 11.2. The minimum atomic E-state index is -0.478. The molecule has 6 heteroatoms. The SMILES string of the molecule is C=CCC1CCC(C(=O)Oc2ccc(C=CC(=O)OCc3cc(N)cc(N)c3)cc2)CC1. The van der Waals surface area contributed by atoms with E-state index in [1.54, 1.807) is 48.5 Å². The van der Waals surface area contributed by atoms with Gasteiger partial charge < -0.3 is 20.9 Å². The van der Waals surface area contributed by atoms with Gasteiger partial charge in [0.05, 0.1) is 5.92 Å². The number of nitrogen functional groups attached to an aromatic ring is 2. The molecule has 32 heavy (non-hydrogen) atoms. The van der Waals surface area contributed by atoms with Crippen LogP contribution < -0.4 is 16.2 Å². The van der Waals surface area contributed by atoms with Crippen LogP contribution in [0.2, 0.25) is 0 Å². The van der Waals surface area contributed by atoms with Crippen molar-refractivity contribution in [3.8, 4) is 5.75 Å². The van der Waals surface area contributed by atoms with E-state index in [1.165, 1.54) is 6.08 Å². The van der Waals surface area contributed by atoms with Crippen LogP contribution in [0.1, 0.15) is 43.2 Å². The van der Waals surface area contributed by atoms with Gasteiger partial charge in [-0.2, -0.15) is 0 Å². The number of rotatable bonds is 8. The normalized spacial score (nSPS) is 18.2. The van der Waals surface area contributed by atoms with E-state index in [0.717, 1.165) is 43.2 Å². The summed E-state index contributed by atoms with van der Waals surface area (Å²) in [5.41, 5.74) is 14.0. The monoisotopic (exact) mass is 434 g/mol. The first-order valence-electron chi connectivity index (χ1n) is 10.9. The summed E-state index contributed by atoms with van der Waals surface area (Å²) < 4.78 is 10.8. The molecule has 0 bridgehead atoms. The highest BCUT2D eigenvalue weighted by atomic mass is 16.5. The number of ether oxygens (including phenoxy) is 2. The first-order chi connectivity index (χ1) is 15.4. The van der Waals surface area contributed by atoms with E-state index in [2.05, 4.69) is 6.58 Å². The van der Waals surface area contributed by atoms with Crippen molar-refractivity contribution in [2.45, 2.75) is 38.7 Å². The minimum absolute atomic E-state index is 0.0410. The molecule has 0 aromatic heterocycles. The number of nitrogens with two attached hydrogens (primary N) is 2. The topological polar surface area (TPSA) is 105 Å². The summed E-state index contributed by atoms with van der Waals surface area (Å²) in [5.74, 6) is 0.450. The van der Waals surface area contributed by atoms with Crippen LogP contribution in [-0.4, -0.2) is 11.9 Å². The van der Waals surface area contributed by atoms with Crippen molar-refractivity contribution >= 4 is 29.4 Å². The van der Waals surface area contributed by atoms with Gasteiger partial charge in [-0.05, 0) is 85.6 Å². The van der Waals surface area contributed by atoms with Crippen molar-refractivity contribution in [1.82, 2.24) is 0 Å². The maximum absolute atomic E-state index is 12.4. The van der Waals surface area contributed by atoms with Crippen molar-refractivity contribution in [2.75, 3.05) is 11.5 Å². The zero-order valence-corrected chi connectivity index (χ0v) is 18.2. The molecule has 0 radical (unpaired) electrons. The first-order valence-corrected chi connectivity index (χ1v) is 10.9. The van der Waals surface area contributed by atoms with E-state index < -0.39 is 5.97 Å². The molecule has 2 aromatic rings. The van der Waals surface area contributed by atoms with Crippen molar-refractivity contribution < 1.29 is 19.1 Å². The Hall–Kier alpha value is -3.54. The van der Waals surface area contributed by atoms with Crippen molar-refractivity contribution in [3.63, 3.8) is 0 Å². The molecule has 6 nitrogen and oxygen atoms in total. The Labute approximate surface area is 188 Å². The van der Waals surface area contributed by atoms with Gasteiger partial charge in [-0.1, -0.05) is 18.2 Å². The lowest BCUT2D eigenvalue weighted by molar-refractivity contribution is -0.140. The van der Waals surface area contributed by atoms with Crippen LogP contribution in [0.15, 0.2) is 61.2 Å². The second-order valence-electron chi connectivity index (χ2n) is 8.18. The Morgan fingerprint density at radius 2 is 1.66 bits per heavy atom. The largest absolute Gasteiger partial charge is 0.458 e. The summed E-state index contributed by atoms with van der Waals surface area (Å²) in [6.07, 6.45) is 9.76. The molecule has 168 valence electrons. The standard InChI is InChI=1S/C26H30N2O4/c1-2-3-18-4-9-21(10-5-18)26(30)32-24-11-6-19(7-12-24)8-13-25(29)31-17-20-14-22(27)16-23(28)15-20/h2,6-8,11-16,18,21H,1,3-5,9-10,17,27-28H2.